The Balaban J connectivity index is 3.79. The molecule has 0 atom stereocenters. The molecule has 0 aliphatic rings. The van der Waals surface area contributed by atoms with Gasteiger partial charge in [0.15, 0.2) is 0 Å². The number of hydrogen-bond acceptors (Lipinski definition) is 2. The first-order valence-electron chi connectivity index (χ1n) is 4.16. The second-order valence-corrected chi connectivity index (χ2v) is 9.06. The van der Waals surface area contributed by atoms with Crippen molar-refractivity contribution >= 4 is 16.6 Å². The molecule has 0 aromatic carbocycles. The summed E-state index contributed by atoms with van der Waals surface area (Å²) in [7, 11) is 4.16. The third-order valence-electron chi connectivity index (χ3n) is 1.25. The van der Waals surface area contributed by atoms with Crippen LogP contribution in [0, 0.1) is 0 Å². The van der Waals surface area contributed by atoms with Crippen LogP contribution >= 0.6 is 0 Å². The zero-order chi connectivity index (χ0) is 9.07. The molecule has 0 aliphatic heterocycles. The molecule has 11 heavy (non-hydrogen) atoms. The molecule has 0 heterocycles. The maximum atomic E-state index is 5.89. The summed E-state index contributed by atoms with van der Waals surface area (Å²) in [5, 5.41) is 0. The molecule has 0 saturated carbocycles. The topological polar surface area (TPSA) is 12.5 Å². The van der Waals surface area contributed by atoms with Gasteiger partial charge in [-0.3, -0.25) is 0 Å². The first-order valence-corrected chi connectivity index (χ1v) is 9.99. The van der Waals surface area contributed by atoms with Crippen LogP contribution in [0.25, 0.3) is 0 Å². The molecule has 0 aromatic heterocycles. The SMILES string of the molecule is CN(C)CC(C)(C)[O][Ga]([CH3])[CH3]. The molecule has 0 rings (SSSR count). The molecule has 66 valence electrons. The Hall–Kier alpha value is 0.556. The van der Waals surface area contributed by atoms with Gasteiger partial charge in [0.1, 0.15) is 0 Å². The standard InChI is InChI=1S/C6H14NO.2CH3.Ga/c1-6(2,8)5-7(3)4;;;/h5H2,1-4H3;2*1H3;/q-1;;;+1. The van der Waals surface area contributed by atoms with Crippen LogP contribution in [0.4, 0.5) is 0 Å². The first-order chi connectivity index (χ1) is 4.83. The molecule has 0 unspecified atom stereocenters. The predicted molar refractivity (Wildman–Crippen MR) is 51.2 cm³/mol. The van der Waals surface area contributed by atoms with Crippen LogP contribution in [-0.2, 0) is 3.53 Å². The van der Waals surface area contributed by atoms with Gasteiger partial charge in [0, 0.05) is 0 Å². The van der Waals surface area contributed by atoms with Crippen molar-refractivity contribution in [2.75, 3.05) is 20.6 Å². The quantitative estimate of drug-likeness (QED) is 0.661. The fourth-order valence-corrected chi connectivity index (χ4v) is 4.27. The molecule has 0 bridgehead atoms. The van der Waals surface area contributed by atoms with Crippen molar-refractivity contribution in [1.82, 2.24) is 4.90 Å². The number of likely N-dealkylation sites (N-methyl/N-ethyl adjacent to an activating group) is 1. The molecule has 2 nitrogen and oxygen atoms in total. The summed E-state index contributed by atoms with van der Waals surface area (Å²) in [5.74, 6) is 0. The summed E-state index contributed by atoms with van der Waals surface area (Å²) in [5.41, 5.74) is 4.56. The average Bonchev–Trinajstić information content (AvgIpc) is 1.53. The van der Waals surface area contributed by atoms with Crippen LogP contribution in [0.15, 0.2) is 0 Å². The van der Waals surface area contributed by atoms with Gasteiger partial charge in [0.05, 0.1) is 0 Å². The predicted octanol–water partition coefficient (Wildman–Crippen LogP) is 1.59. The fraction of sp³-hybridized carbons (Fsp3) is 1.00. The third kappa shape index (κ3) is 6.94. The van der Waals surface area contributed by atoms with E-state index in [1.165, 1.54) is 0 Å². The zero-order valence-electron chi connectivity index (χ0n) is 8.64. The van der Waals surface area contributed by atoms with E-state index in [1.54, 1.807) is 0 Å². The van der Waals surface area contributed by atoms with Crippen LogP contribution in [0.1, 0.15) is 13.8 Å². The Morgan fingerprint density at radius 2 is 1.73 bits per heavy atom. The van der Waals surface area contributed by atoms with E-state index in [0.29, 0.717) is 0 Å². The Morgan fingerprint density at radius 1 is 1.27 bits per heavy atom. The van der Waals surface area contributed by atoms with Crippen molar-refractivity contribution in [3.05, 3.63) is 0 Å². The van der Waals surface area contributed by atoms with Gasteiger partial charge >= 0.3 is 76.1 Å². The molecule has 0 radical (unpaired) electrons. The van der Waals surface area contributed by atoms with E-state index >= 15 is 0 Å². The molecule has 0 saturated heterocycles. The van der Waals surface area contributed by atoms with E-state index in [4.69, 9.17) is 3.53 Å². The van der Waals surface area contributed by atoms with Crippen molar-refractivity contribution in [2.24, 2.45) is 0 Å². The van der Waals surface area contributed by atoms with Crippen molar-refractivity contribution in [1.29, 1.82) is 0 Å². The molecule has 0 amide bonds. The number of rotatable bonds is 4. The van der Waals surface area contributed by atoms with E-state index in [9.17, 15) is 0 Å². The summed E-state index contributed by atoms with van der Waals surface area (Å²) in [6.07, 6.45) is 0. The third-order valence-corrected chi connectivity index (χ3v) is 3.58. The maximum absolute atomic E-state index is 5.89. The molecule has 0 aliphatic carbocycles. The molecule has 0 fully saturated rings. The monoisotopic (exact) mass is 215 g/mol. The number of hydrogen-bond donors (Lipinski definition) is 0. The van der Waals surface area contributed by atoms with Gasteiger partial charge in [-0.2, -0.15) is 0 Å². The van der Waals surface area contributed by atoms with Crippen molar-refractivity contribution in [3.8, 4) is 0 Å². The summed E-state index contributed by atoms with van der Waals surface area (Å²) in [4.78, 5) is 2.17. The molecule has 0 spiro atoms. The van der Waals surface area contributed by atoms with Gasteiger partial charge in [0.2, 0.25) is 0 Å². The average molecular weight is 216 g/mol. The van der Waals surface area contributed by atoms with Gasteiger partial charge in [0.25, 0.3) is 0 Å². The second kappa shape index (κ2) is 4.55. The van der Waals surface area contributed by atoms with Crippen LogP contribution in [0.5, 0.6) is 0 Å². The molecule has 0 N–H and O–H groups in total. The Labute approximate surface area is 76.4 Å². The van der Waals surface area contributed by atoms with Crippen LogP contribution in [0.2, 0.25) is 11.0 Å². The van der Waals surface area contributed by atoms with Gasteiger partial charge in [-0.15, -0.1) is 0 Å². The van der Waals surface area contributed by atoms with Crippen molar-refractivity contribution in [2.45, 2.75) is 30.4 Å². The van der Waals surface area contributed by atoms with Crippen molar-refractivity contribution < 1.29 is 3.53 Å². The summed E-state index contributed by atoms with van der Waals surface area (Å²) < 4.78 is 5.89. The molecular formula is C8H20GaNO. The first kappa shape index (κ1) is 11.6. The van der Waals surface area contributed by atoms with Gasteiger partial charge in [-0.05, 0) is 0 Å². The van der Waals surface area contributed by atoms with Crippen LogP contribution in [-0.4, -0.2) is 47.7 Å². The van der Waals surface area contributed by atoms with E-state index in [0.717, 1.165) is 6.54 Å². The number of nitrogens with zero attached hydrogens (tertiary/aromatic N) is 1. The second-order valence-electron chi connectivity index (χ2n) is 4.16. The normalized spacial score (nSPS) is 12.3. The molecule has 0 aromatic rings. The van der Waals surface area contributed by atoms with Crippen LogP contribution < -0.4 is 0 Å². The zero-order valence-corrected chi connectivity index (χ0v) is 11.1. The van der Waals surface area contributed by atoms with Gasteiger partial charge in [-0.25, -0.2) is 0 Å². The van der Waals surface area contributed by atoms with E-state index in [2.05, 4.69) is 43.8 Å². The molecule has 3 heteroatoms. The Kier molecular flexibility index (Phi) is 4.78. The minimum absolute atomic E-state index is 0.0532. The van der Waals surface area contributed by atoms with Crippen molar-refractivity contribution in [3.63, 3.8) is 0 Å². The minimum atomic E-state index is -1.30. The Bertz CT molecular complexity index is 101. The summed E-state index contributed by atoms with van der Waals surface area (Å²) >= 11 is -1.30. The fourth-order valence-electron chi connectivity index (χ4n) is 1.44. The van der Waals surface area contributed by atoms with Crippen LogP contribution in [0.3, 0.4) is 0 Å². The molecular weight excluding hydrogens is 196 g/mol. The van der Waals surface area contributed by atoms with E-state index in [-0.39, 0.29) is 5.60 Å². The summed E-state index contributed by atoms with van der Waals surface area (Å²) in [6, 6.07) is 0. The van der Waals surface area contributed by atoms with E-state index < -0.39 is 16.6 Å². The van der Waals surface area contributed by atoms with Gasteiger partial charge < -0.3 is 0 Å². The Morgan fingerprint density at radius 3 is 2.00 bits per heavy atom. The van der Waals surface area contributed by atoms with E-state index in [1.807, 2.05) is 0 Å². The van der Waals surface area contributed by atoms with Gasteiger partial charge in [-0.1, -0.05) is 0 Å². The summed E-state index contributed by atoms with van der Waals surface area (Å²) in [6.45, 7) is 5.34.